The molecule has 18 heavy (non-hydrogen) atoms. The molecule has 1 heterocycles. The maximum absolute atomic E-state index is 11.9. The van der Waals surface area contributed by atoms with Crippen LogP contribution in [0.2, 0.25) is 0 Å². The Morgan fingerprint density at radius 3 is 2.44 bits per heavy atom. The van der Waals surface area contributed by atoms with Crippen LogP contribution >= 0.6 is 43.2 Å². The molecule has 0 saturated carbocycles. The lowest BCUT2D eigenvalue weighted by Crippen LogP contribution is -2.12. The molecule has 0 saturated heterocycles. The zero-order chi connectivity index (χ0) is 13.3. The Balaban J connectivity index is 2.27. The Morgan fingerprint density at radius 1 is 1.33 bits per heavy atom. The standard InChI is InChI=1S/C10H8Br2N4OS/c1-4-2-5(11)7(6(12)3-4)14-8(17)9-15-16-10(13)18-9/h2-3H,1H3,(H2,13,16)(H,14,17). The van der Waals surface area contributed by atoms with Crippen molar-refractivity contribution in [1.29, 1.82) is 0 Å². The Hall–Kier alpha value is -0.990. The predicted octanol–water partition coefficient (Wildman–Crippen LogP) is 3.21. The number of aryl methyl sites for hydroxylation is 1. The van der Waals surface area contributed by atoms with Gasteiger partial charge in [0.15, 0.2) is 0 Å². The first-order valence-corrected chi connectivity index (χ1v) is 7.23. The number of nitrogens with zero attached hydrogens (tertiary/aromatic N) is 2. The summed E-state index contributed by atoms with van der Waals surface area (Å²) >= 11 is 7.85. The van der Waals surface area contributed by atoms with Crippen LogP contribution in [0.1, 0.15) is 15.4 Å². The predicted molar refractivity (Wildman–Crippen MR) is 78.9 cm³/mol. The van der Waals surface area contributed by atoms with Gasteiger partial charge in [0.2, 0.25) is 10.1 Å². The number of rotatable bonds is 2. The monoisotopic (exact) mass is 390 g/mol. The van der Waals surface area contributed by atoms with Crippen LogP contribution < -0.4 is 11.1 Å². The molecule has 0 spiro atoms. The van der Waals surface area contributed by atoms with Gasteiger partial charge in [0.1, 0.15) is 0 Å². The normalized spacial score (nSPS) is 10.4. The van der Waals surface area contributed by atoms with Gasteiger partial charge in [0.05, 0.1) is 5.69 Å². The fraction of sp³-hybridized carbons (Fsp3) is 0.100. The fourth-order valence-corrected chi connectivity index (χ4v) is 3.43. The van der Waals surface area contributed by atoms with Crippen LogP contribution in [0.15, 0.2) is 21.1 Å². The Labute approximate surface area is 124 Å². The van der Waals surface area contributed by atoms with E-state index in [1.54, 1.807) is 0 Å². The minimum Gasteiger partial charge on any atom is -0.374 e. The molecule has 8 heteroatoms. The fourth-order valence-electron chi connectivity index (χ4n) is 1.31. The highest BCUT2D eigenvalue weighted by atomic mass is 79.9. The summed E-state index contributed by atoms with van der Waals surface area (Å²) < 4.78 is 1.58. The molecule has 0 unspecified atom stereocenters. The van der Waals surface area contributed by atoms with Crippen molar-refractivity contribution in [2.75, 3.05) is 11.1 Å². The SMILES string of the molecule is Cc1cc(Br)c(NC(=O)c2nnc(N)s2)c(Br)c1. The molecule has 1 amide bonds. The molecule has 0 aliphatic carbocycles. The van der Waals surface area contributed by atoms with E-state index in [0.29, 0.717) is 5.69 Å². The highest BCUT2D eigenvalue weighted by Crippen LogP contribution is 2.32. The Morgan fingerprint density at radius 2 is 1.94 bits per heavy atom. The number of nitrogens with one attached hydrogen (secondary N) is 1. The number of carbonyl (C=O) groups excluding carboxylic acids is 1. The lowest BCUT2D eigenvalue weighted by atomic mass is 10.2. The summed E-state index contributed by atoms with van der Waals surface area (Å²) in [6.45, 7) is 1.96. The van der Waals surface area contributed by atoms with E-state index in [4.69, 9.17) is 5.73 Å². The van der Waals surface area contributed by atoms with Gasteiger partial charge in [-0.3, -0.25) is 4.79 Å². The second kappa shape index (κ2) is 5.33. The maximum Gasteiger partial charge on any atom is 0.286 e. The van der Waals surface area contributed by atoms with Crippen LogP contribution in [-0.2, 0) is 0 Å². The highest BCUT2D eigenvalue weighted by Gasteiger charge is 2.15. The largest absolute Gasteiger partial charge is 0.374 e. The van der Waals surface area contributed by atoms with Crippen molar-refractivity contribution in [3.8, 4) is 0 Å². The zero-order valence-electron chi connectivity index (χ0n) is 9.20. The summed E-state index contributed by atoms with van der Waals surface area (Å²) in [7, 11) is 0. The van der Waals surface area contributed by atoms with Crippen LogP contribution in [0.25, 0.3) is 0 Å². The van der Waals surface area contributed by atoms with Crippen molar-refractivity contribution >= 4 is 59.9 Å². The smallest absolute Gasteiger partial charge is 0.286 e. The molecule has 0 fully saturated rings. The average molecular weight is 392 g/mol. The zero-order valence-corrected chi connectivity index (χ0v) is 13.2. The number of anilines is 2. The molecule has 0 aliphatic heterocycles. The number of nitrogen functional groups attached to an aromatic ring is 1. The van der Waals surface area contributed by atoms with Gasteiger partial charge in [0.25, 0.3) is 5.91 Å². The quantitative estimate of drug-likeness (QED) is 0.823. The minimum atomic E-state index is -0.338. The molecule has 94 valence electrons. The molecule has 3 N–H and O–H groups in total. The number of nitrogens with two attached hydrogens (primary N) is 1. The summed E-state index contributed by atoms with van der Waals surface area (Å²) in [5.41, 5.74) is 7.16. The molecule has 1 aromatic heterocycles. The van der Waals surface area contributed by atoms with E-state index in [2.05, 4.69) is 47.4 Å². The number of hydrogen-bond donors (Lipinski definition) is 2. The molecule has 0 atom stereocenters. The molecular weight excluding hydrogens is 384 g/mol. The summed E-state index contributed by atoms with van der Waals surface area (Å²) in [6, 6.07) is 3.82. The van der Waals surface area contributed by atoms with Crippen LogP contribution in [0.4, 0.5) is 10.8 Å². The van der Waals surface area contributed by atoms with E-state index in [-0.39, 0.29) is 16.0 Å². The van der Waals surface area contributed by atoms with E-state index < -0.39 is 0 Å². The van der Waals surface area contributed by atoms with Crippen LogP contribution in [0.3, 0.4) is 0 Å². The number of halogens is 2. The third kappa shape index (κ3) is 2.88. The highest BCUT2D eigenvalue weighted by molar-refractivity contribution is 9.11. The van der Waals surface area contributed by atoms with Gasteiger partial charge in [-0.2, -0.15) is 0 Å². The van der Waals surface area contributed by atoms with Crippen LogP contribution in [0.5, 0.6) is 0 Å². The van der Waals surface area contributed by atoms with Gasteiger partial charge in [0, 0.05) is 8.95 Å². The van der Waals surface area contributed by atoms with Gasteiger partial charge < -0.3 is 11.1 Å². The minimum absolute atomic E-state index is 0.229. The maximum atomic E-state index is 11.9. The van der Waals surface area contributed by atoms with Crippen molar-refractivity contribution in [1.82, 2.24) is 10.2 Å². The second-order valence-corrected chi connectivity index (χ2v) is 6.22. The third-order valence-electron chi connectivity index (χ3n) is 2.06. The van der Waals surface area contributed by atoms with E-state index in [1.807, 2.05) is 19.1 Å². The van der Waals surface area contributed by atoms with Crippen molar-refractivity contribution in [2.24, 2.45) is 0 Å². The average Bonchev–Trinajstić information content (AvgIpc) is 2.70. The van der Waals surface area contributed by atoms with Gasteiger partial charge in [-0.05, 0) is 56.5 Å². The molecular formula is C10H8Br2N4OS. The van der Waals surface area contributed by atoms with E-state index in [1.165, 1.54) is 0 Å². The van der Waals surface area contributed by atoms with Crippen molar-refractivity contribution in [3.05, 3.63) is 31.6 Å². The van der Waals surface area contributed by atoms with E-state index >= 15 is 0 Å². The first-order valence-electron chi connectivity index (χ1n) is 4.83. The summed E-state index contributed by atoms with van der Waals surface area (Å²) in [5.74, 6) is -0.338. The number of carbonyl (C=O) groups is 1. The summed E-state index contributed by atoms with van der Waals surface area (Å²) in [6.07, 6.45) is 0. The second-order valence-electron chi connectivity index (χ2n) is 3.50. The van der Waals surface area contributed by atoms with Crippen molar-refractivity contribution < 1.29 is 4.79 Å². The number of benzene rings is 1. The van der Waals surface area contributed by atoms with Gasteiger partial charge >= 0.3 is 0 Å². The van der Waals surface area contributed by atoms with Crippen LogP contribution in [-0.4, -0.2) is 16.1 Å². The molecule has 2 aromatic rings. The molecule has 0 radical (unpaired) electrons. The first kappa shape index (κ1) is 13.4. The topological polar surface area (TPSA) is 80.9 Å². The Bertz CT molecular complexity index is 591. The summed E-state index contributed by atoms with van der Waals surface area (Å²) in [5, 5.41) is 10.5. The van der Waals surface area contributed by atoms with Gasteiger partial charge in [-0.1, -0.05) is 11.3 Å². The van der Waals surface area contributed by atoms with Crippen molar-refractivity contribution in [3.63, 3.8) is 0 Å². The lowest BCUT2D eigenvalue weighted by molar-refractivity contribution is 0.102. The molecule has 1 aromatic carbocycles. The van der Waals surface area contributed by atoms with Gasteiger partial charge in [-0.25, -0.2) is 0 Å². The van der Waals surface area contributed by atoms with Gasteiger partial charge in [-0.15, -0.1) is 10.2 Å². The molecule has 0 bridgehead atoms. The van der Waals surface area contributed by atoms with E-state index in [0.717, 1.165) is 25.8 Å². The third-order valence-corrected chi connectivity index (χ3v) is 4.06. The number of amides is 1. The Kier molecular flexibility index (Phi) is 3.98. The molecule has 5 nitrogen and oxygen atoms in total. The molecule has 2 rings (SSSR count). The first-order chi connectivity index (χ1) is 8.47. The lowest BCUT2D eigenvalue weighted by Gasteiger charge is -2.09. The molecule has 0 aliphatic rings. The number of hydrogen-bond acceptors (Lipinski definition) is 5. The summed E-state index contributed by atoms with van der Waals surface area (Å²) in [4.78, 5) is 11.9. The van der Waals surface area contributed by atoms with Crippen LogP contribution in [0, 0.1) is 6.92 Å². The van der Waals surface area contributed by atoms with Crippen molar-refractivity contribution in [2.45, 2.75) is 6.92 Å². The number of aromatic nitrogens is 2. The van der Waals surface area contributed by atoms with E-state index in [9.17, 15) is 4.79 Å².